The third kappa shape index (κ3) is 5.47. The highest BCUT2D eigenvalue weighted by Gasteiger charge is 2.09. The van der Waals surface area contributed by atoms with E-state index in [0.29, 0.717) is 11.6 Å². The predicted octanol–water partition coefficient (Wildman–Crippen LogP) is 2.33. The second-order valence-corrected chi connectivity index (χ2v) is 5.01. The number of rotatable bonds is 7. The van der Waals surface area contributed by atoms with E-state index >= 15 is 0 Å². The van der Waals surface area contributed by atoms with Gasteiger partial charge >= 0.3 is 0 Å². The van der Waals surface area contributed by atoms with Gasteiger partial charge in [-0.05, 0) is 6.07 Å². The molecule has 1 aromatic rings. The van der Waals surface area contributed by atoms with Gasteiger partial charge in [0.2, 0.25) is 0 Å². The van der Waals surface area contributed by atoms with Crippen LogP contribution in [0.15, 0.2) is 24.3 Å². The summed E-state index contributed by atoms with van der Waals surface area (Å²) in [6, 6.07) is 7.33. The van der Waals surface area contributed by atoms with Crippen molar-refractivity contribution in [2.24, 2.45) is 0 Å². The SMILES string of the molecule is C#CCSCCNCC(O)c1ccccc1Cl. The fourth-order valence-corrected chi connectivity index (χ4v) is 2.18. The number of nitrogens with one attached hydrogen (secondary N) is 1. The molecule has 0 aliphatic heterocycles. The summed E-state index contributed by atoms with van der Waals surface area (Å²) in [5, 5.41) is 13.7. The van der Waals surface area contributed by atoms with Crippen LogP contribution in [-0.4, -0.2) is 29.7 Å². The summed E-state index contributed by atoms with van der Waals surface area (Å²) in [6.07, 6.45) is 4.57. The van der Waals surface area contributed by atoms with Crippen LogP contribution in [0.2, 0.25) is 5.02 Å². The highest BCUT2D eigenvalue weighted by molar-refractivity contribution is 7.99. The third-order valence-corrected chi connectivity index (χ3v) is 3.42. The Bertz CT molecular complexity index is 378. The van der Waals surface area contributed by atoms with E-state index in [2.05, 4.69) is 11.2 Å². The third-order valence-electron chi connectivity index (χ3n) is 2.21. The zero-order valence-corrected chi connectivity index (χ0v) is 11.1. The maximum atomic E-state index is 9.92. The molecule has 0 aliphatic rings. The Labute approximate surface area is 112 Å². The Morgan fingerprint density at radius 3 is 2.94 bits per heavy atom. The van der Waals surface area contributed by atoms with Crippen LogP contribution in [0.4, 0.5) is 0 Å². The number of terminal acetylenes is 1. The summed E-state index contributed by atoms with van der Waals surface area (Å²) < 4.78 is 0. The summed E-state index contributed by atoms with van der Waals surface area (Å²) in [4.78, 5) is 0. The number of benzene rings is 1. The molecule has 0 saturated carbocycles. The molecule has 0 radical (unpaired) electrons. The molecular weight excluding hydrogens is 254 g/mol. The first-order chi connectivity index (χ1) is 8.25. The van der Waals surface area contributed by atoms with E-state index in [1.807, 2.05) is 18.2 Å². The van der Waals surface area contributed by atoms with Gasteiger partial charge in [0.25, 0.3) is 0 Å². The van der Waals surface area contributed by atoms with E-state index in [1.54, 1.807) is 17.8 Å². The molecule has 17 heavy (non-hydrogen) atoms. The molecule has 0 aliphatic carbocycles. The molecule has 0 spiro atoms. The van der Waals surface area contributed by atoms with Crippen molar-refractivity contribution in [2.45, 2.75) is 6.10 Å². The smallest absolute Gasteiger partial charge is 0.0928 e. The van der Waals surface area contributed by atoms with Gasteiger partial charge < -0.3 is 10.4 Å². The van der Waals surface area contributed by atoms with Gasteiger partial charge in [0, 0.05) is 29.4 Å². The first-order valence-electron chi connectivity index (χ1n) is 5.40. The summed E-state index contributed by atoms with van der Waals surface area (Å²) in [5.74, 6) is 4.24. The Morgan fingerprint density at radius 1 is 1.47 bits per heavy atom. The molecular formula is C13H16ClNOS. The largest absolute Gasteiger partial charge is 0.387 e. The Morgan fingerprint density at radius 2 is 2.24 bits per heavy atom. The Kier molecular flexibility index (Phi) is 7.14. The van der Waals surface area contributed by atoms with Gasteiger partial charge in [-0.25, -0.2) is 0 Å². The van der Waals surface area contributed by atoms with E-state index in [0.717, 1.165) is 23.6 Å². The maximum Gasteiger partial charge on any atom is 0.0928 e. The molecule has 0 bridgehead atoms. The number of aliphatic hydroxyl groups is 1. The molecule has 1 rings (SSSR count). The maximum absolute atomic E-state index is 9.92. The first-order valence-corrected chi connectivity index (χ1v) is 6.93. The van der Waals surface area contributed by atoms with Crippen molar-refractivity contribution in [3.05, 3.63) is 34.9 Å². The van der Waals surface area contributed by atoms with Crippen LogP contribution in [0.25, 0.3) is 0 Å². The summed E-state index contributed by atoms with van der Waals surface area (Å²) in [7, 11) is 0. The van der Waals surface area contributed by atoms with Gasteiger partial charge in [0.1, 0.15) is 0 Å². The van der Waals surface area contributed by atoms with Crippen molar-refractivity contribution in [1.29, 1.82) is 0 Å². The zero-order chi connectivity index (χ0) is 12.5. The lowest BCUT2D eigenvalue weighted by molar-refractivity contribution is 0.176. The molecule has 92 valence electrons. The molecule has 2 nitrogen and oxygen atoms in total. The fourth-order valence-electron chi connectivity index (χ4n) is 1.37. The standard InChI is InChI=1S/C13H16ClNOS/c1-2-8-17-9-7-15-10-13(16)11-5-3-4-6-12(11)14/h1,3-6,13,15-16H,7-10H2. The molecule has 1 atom stereocenters. The van der Waals surface area contributed by atoms with Crippen LogP contribution < -0.4 is 5.32 Å². The number of hydrogen-bond donors (Lipinski definition) is 2. The zero-order valence-electron chi connectivity index (χ0n) is 9.53. The Hall–Kier alpha value is -0.660. The number of halogens is 1. The fraction of sp³-hybridized carbons (Fsp3) is 0.385. The molecule has 0 amide bonds. The van der Waals surface area contributed by atoms with E-state index in [-0.39, 0.29) is 0 Å². The molecule has 0 aromatic heterocycles. The van der Waals surface area contributed by atoms with Crippen molar-refractivity contribution in [2.75, 3.05) is 24.6 Å². The van der Waals surface area contributed by atoms with Gasteiger partial charge in [-0.2, -0.15) is 0 Å². The van der Waals surface area contributed by atoms with Crippen molar-refractivity contribution in [3.8, 4) is 12.3 Å². The lowest BCUT2D eigenvalue weighted by Gasteiger charge is -2.13. The van der Waals surface area contributed by atoms with Gasteiger partial charge in [0.05, 0.1) is 11.9 Å². The second-order valence-electron chi connectivity index (χ2n) is 3.50. The number of aliphatic hydroxyl groups excluding tert-OH is 1. The van der Waals surface area contributed by atoms with Crippen molar-refractivity contribution in [3.63, 3.8) is 0 Å². The lowest BCUT2D eigenvalue weighted by Crippen LogP contribution is -2.24. The van der Waals surface area contributed by atoms with E-state index in [4.69, 9.17) is 18.0 Å². The highest BCUT2D eigenvalue weighted by Crippen LogP contribution is 2.21. The summed E-state index contributed by atoms with van der Waals surface area (Å²) in [5.41, 5.74) is 0.762. The second kappa shape index (κ2) is 8.43. The topological polar surface area (TPSA) is 32.3 Å². The molecule has 0 fully saturated rings. The van der Waals surface area contributed by atoms with Gasteiger partial charge in [-0.1, -0.05) is 35.7 Å². The van der Waals surface area contributed by atoms with E-state index < -0.39 is 6.10 Å². The average Bonchev–Trinajstić information content (AvgIpc) is 2.34. The van der Waals surface area contributed by atoms with Crippen LogP contribution in [-0.2, 0) is 0 Å². The summed E-state index contributed by atoms with van der Waals surface area (Å²) >= 11 is 7.68. The van der Waals surface area contributed by atoms with Crippen LogP contribution in [0.5, 0.6) is 0 Å². The predicted molar refractivity (Wildman–Crippen MR) is 75.4 cm³/mol. The van der Waals surface area contributed by atoms with Crippen molar-refractivity contribution >= 4 is 23.4 Å². The monoisotopic (exact) mass is 269 g/mol. The van der Waals surface area contributed by atoms with Crippen LogP contribution in [0.3, 0.4) is 0 Å². The quantitative estimate of drug-likeness (QED) is 0.589. The normalized spacial score (nSPS) is 12.1. The molecule has 2 N–H and O–H groups in total. The van der Waals surface area contributed by atoms with Crippen LogP contribution in [0, 0.1) is 12.3 Å². The molecule has 4 heteroatoms. The van der Waals surface area contributed by atoms with Crippen LogP contribution >= 0.6 is 23.4 Å². The minimum absolute atomic E-state index is 0.500. The molecule has 0 heterocycles. The van der Waals surface area contributed by atoms with Crippen molar-refractivity contribution < 1.29 is 5.11 Å². The molecule has 0 saturated heterocycles. The van der Waals surface area contributed by atoms with E-state index in [9.17, 15) is 5.11 Å². The highest BCUT2D eigenvalue weighted by atomic mass is 35.5. The van der Waals surface area contributed by atoms with Crippen LogP contribution in [0.1, 0.15) is 11.7 Å². The van der Waals surface area contributed by atoms with Gasteiger partial charge in [-0.15, -0.1) is 18.2 Å². The minimum atomic E-state index is -0.568. The average molecular weight is 270 g/mol. The number of thioether (sulfide) groups is 1. The molecule has 1 aromatic carbocycles. The Balaban J connectivity index is 2.24. The summed E-state index contributed by atoms with van der Waals surface area (Å²) in [6.45, 7) is 1.33. The van der Waals surface area contributed by atoms with Crippen molar-refractivity contribution in [1.82, 2.24) is 5.32 Å². The molecule has 1 unspecified atom stereocenters. The van der Waals surface area contributed by atoms with E-state index in [1.165, 1.54) is 0 Å². The van der Waals surface area contributed by atoms with Gasteiger partial charge in [-0.3, -0.25) is 0 Å². The van der Waals surface area contributed by atoms with Gasteiger partial charge in [0.15, 0.2) is 0 Å². The first kappa shape index (κ1) is 14.4. The minimum Gasteiger partial charge on any atom is -0.387 e. The number of hydrogen-bond acceptors (Lipinski definition) is 3. The lowest BCUT2D eigenvalue weighted by atomic mass is 10.1.